The van der Waals surface area contributed by atoms with E-state index in [-0.39, 0.29) is 5.56 Å². The predicted octanol–water partition coefficient (Wildman–Crippen LogP) is 2.65. The number of carbonyl (C=O) groups excluding carboxylic acids is 1. The molecule has 2 aliphatic rings. The maximum Gasteiger partial charge on any atom is 0.343 e. The molecular weight excluding hydrogens is 394 g/mol. The normalized spacial score (nSPS) is 20.4. The summed E-state index contributed by atoms with van der Waals surface area (Å²) in [6.07, 6.45) is 5.20. The van der Waals surface area contributed by atoms with Gasteiger partial charge in [-0.1, -0.05) is 26.7 Å². The molecule has 0 aliphatic carbocycles. The van der Waals surface area contributed by atoms with Gasteiger partial charge < -0.3 is 23.8 Å². The maximum absolute atomic E-state index is 12.9. The Morgan fingerprint density at radius 1 is 1.19 bits per heavy atom. The average Bonchev–Trinajstić information content (AvgIpc) is 2.98. The SMILES string of the molecule is CCC(CC)CN1CCc2c(C(=O)OC)c(OCC3CCCN(C)C3)cc(=O)n2CC1. The van der Waals surface area contributed by atoms with Gasteiger partial charge in [-0.2, -0.15) is 0 Å². The summed E-state index contributed by atoms with van der Waals surface area (Å²) < 4.78 is 13.0. The van der Waals surface area contributed by atoms with Gasteiger partial charge in [-0.15, -0.1) is 0 Å². The molecule has 0 radical (unpaired) electrons. The zero-order valence-electron chi connectivity index (χ0n) is 19.7. The number of rotatable bonds is 8. The fourth-order valence-corrected chi connectivity index (χ4v) is 4.94. The van der Waals surface area contributed by atoms with Crippen molar-refractivity contribution < 1.29 is 14.3 Å². The van der Waals surface area contributed by atoms with E-state index >= 15 is 0 Å². The molecule has 1 aromatic heterocycles. The Bertz CT molecular complexity index is 803. The average molecular weight is 434 g/mol. The van der Waals surface area contributed by atoms with Gasteiger partial charge in [0.25, 0.3) is 5.56 Å². The summed E-state index contributed by atoms with van der Waals surface area (Å²) in [4.78, 5) is 30.4. The molecule has 31 heavy (non-hydrogen) atoms. The van der Waals surface area contributed by atoms with E-state index in [4.69, 9.17) is 9.47 Å². The molecular formula is C24H39N3O4. The zero-order valence-corrected chi connectivity index (χ0v) is 19.7. The summed E-state index contributed by atoms with van der Waals surface area (Å²) in [5.41, 5.74) is 1.08. The van der Waals surface area contributed by atoms with Crippen LogP contribution in [-0.2, 0) is 17.7 Å². The van der Waals surface area contributed by atoms with Crippen LogP contribution in [0.25, 0.3) is 0 Å². The second kappa shape index (κ2) is 11.1. The third-order valence-corrected chi connectivity index (χ3v) is 6.94. The zero-order chi connectivity index (χ0) is 22.4. The van der Waals surface area contributed by atoms with Crippen LogP contribution in [0.4, 0.5) is 0 Å². The monoisotopic (exact) mass is 433 g/mol. The minimum atomic E-state index is -0.423. The molecule has 1 atom stereocenters. The van der Waals surface area contributed by atoms with Gasteiger partial charge in [0.1, 0.15) is 11.3 Å². The number of esters is 1. The molecule has 7 heteroatoms. The second-order valence-electron chi connectivity index (χ2n) is 9.13. The van der Waals surface area contributed by atoms with Crippen LogP contribution in [0.15, 0.2) is 10.9 Å². The Hall–Kier alpha value is -1.86. The van der Waals surface area contributed by atoms with Crippen LogP contribution in [0, 0.1) is 11.8 Å². The van der Waals surface area contributed by atoms with Crippen molar-refractivity contribution in [3.05, 3.63) is 27.7 Å². The highest BCUT2D eigenvalue weighted by atomic mass is 16.5. The van der Waals surface area contributed by atoms with E-state index in [1.54, 1.807) is 4.57 Å². The van der Waals surface area contributed by atoms with Crippen LogP contribution < -0.4 is 10.3 Å². The Morgan fingerprint density at radius 2 is 1.97 bits per heavy atom. The summed E-state index contributed by atoms with van der Waals surface area (Å²) in [5.74, 6) is 1.02. The molecule has 0 saturated carbocycles. The first-order valence-corrected chi connectivity index (χ1v) is 11.8. The number of piperidine rings is 1. The van der Waals surface area contributed by atoms with Gasteiger partial charge in [0.05, 0.1) is 13.7 Å². The lowest BCUT2D eigenvalue weighted by atomic mass is 9.99. The van der Waals surface area contributed by atoms with Gasteiger partial charge in [0.15, 0.2) is 0 Å². The van der Waals surface area contributed by atoms with Crippen LogP contribution in [0.2, 0.25) is 0 Å². The maximum atomic E-state index is 12.9. The standard InChI is InChI=1S/C24H39N3O4/c1-5-18(6-2)16-26-11-9-20-23(24(29)30-4)21(14-22(28)27(20)13-12-26)31-17-19-8-7-10-25(3)15-19/h14,18-19H,5-13,15-17H2,1-4H3. The number of hydrogen-bond donors (Lipinski definition) is 0. The quantitative estimate of drug-likeness (QED) is 0.588. The van der Waals surface area contributed by atoms with Gasteiger partial charge in [-0.25, -0.2) is 4.79 Å². The molecule has 3 rings (SSSR count). The second-order valence-corrected chi connectivity index (χ2v) is 9.13. The number of methoxy groups -OCH3 is 1. The van der Waals surface area contributed by atoms with E-state index in [1.165, 1.54) is 13.2 Å². The van der Waals surface area contributed by atoms with Crippen molar-refractivity contribution in [2.75, 3.05) is 53.5 Å². The van der Waals surface area contributed by atoms with E-state index in [0.717, 1.165) is 64.1 Å². The number of carbonyl (C=O) groups is 1. The summed E-state index contributed by atoms with van der Waals surface area (Å²) in [6.45, 7) is 10.3. The number of aromatic nitrogens is 1. The van der Waals surface area contributed by atoms with Crippen molar-refractivity contribution >= 4 is 5.97 Å². The highest BCUT2D eigenvalue weighted by Gasteiger charge is 2.27. The number of ether oxygens (including phenoxy) is 2. The summed E-state index contributed by atoms with van der Waals surface area (Å²) in [5, 5.41) is 0. The lowest BCUT2D eigenvalue weighted by molar-refractivity contribution is 0.0590. The van der Waals surface area contributed by atoms with Crippen molar-refractivity contribution in [1.29, 1.82) is 0 Å². The molecule has 3 heterocycles. The minimum absolute atomic E-state index is 0.0946. The molecule has 7 nitrogen and oxygen atoms in total. The van der Waals surface area contributed by atoms with Crippen LogP contribution in [0.5, 0.6) is 5.75 Å². The predicted molar refractivity (Wildman–Crippen MR) is 122 cm³/mol. The van der Waals surface area contributed by atoms with Gasteiger partial charge >= 0.3 is 5.97 Å². The van der Waals surface area contributed by atoms with Crippen molar-refractivity contribution in [3.63, 3.8) is 0 Å². The Labute approximate surface area is 186 Å². The molecule has 0 spiro atoms. The highest BCUT2D eigenvalue weighted by Crippen LogP contribution is 2.26. The molecule has 1 unspecified atom stereocenters. The fourth-order valence-electron chi connectivity index (χ4n) is 4.94. The molecule has 0 N–H and O–H groups in total. The minimum Gasteiger partial charge on any atom is -0.492 e. The molecule has 1 aromatic rings. The summed E-state index contributed by atoms with van der Waals surface area (Å²) in [6, 6.07) is 1.48. The van der Waals surface area contributed by atoms with E-state index in [1.807, 2.05) is 0 Å². The summed E-state index contributed by atoms with van der Waals surface area (Å²) in [7, 11) is 3.51. The third-order valence-electron chi connectivity index (χ3n) is 6.94. The first-order chi connectivity index (χ1) is 15.0. The van der Waals surface area contributed by atoms with Crippen molar-refractivity contribution in [1.82, 2.24) is 14.4 Å². The van der Waals surface area contributed by atoms with Crippen molar-refractivity contribution in [3.8, 4) is 5.75 Å². The molecule has 0 bridgehead atoms. The van der Waals surface area contributed by atoms with Crippen molar-refractivity contribution in [2.45, 2.75) is 52.5 Å². The van der Waals surface area contributed by atoms with Crippen molar-refractivity contribution in [2.24, 2.45) is 11.8 Å². The van der Waals surface area contributed by atoms with E-state index in [9.17, 15) is 9.59 Å². The molecule has 2 aliphatic heterocycles. The van der Waals surface area contributed by atoms with E-state index in [2.05, 4.69) is 30.7 Å². The Morgan fingerprint density at radius 3 is 2.65 bits per heavy atom. The fraction of sp³-hybridized carbons (Fsp3) is 0.750. The molecule has 174 valence electrons. The number of hydrogen-bond acceptors (Lipinski definition) is 6. The summed E-state index contributed by atoms with van der Waals surface area (Å²) >= 11 is 0. The molecule has 0 amide bonds. The van der Waals surface area contributed by atoms with E-state index in [0.29, 0.717) is 42.7 Å². The van der Waals surface area contributed by atoms with Crippen LogP contribution >= 0.6 is 0 Å². The van der Waals surface area contributed by atoms with Crippen LogP contribution in [-0.4, -0.2) is 73.8 Å². The lowest BCUT2D eigenvalue weighted by Gasteiger charge is -2.29. The smallest absolute Gasteiger partial charge is 0.343 e. The van der Waals surface area contributed by atoms with Gasteiger partial charge in [0, 0.05) is 56.8 Å². The van der Waals surface area contributed by atoms with Crippen LogP contribution in [0.3, 0.4) is 0 Å². The largest absolute Gasteiger partial charge is 0.492 e. The number of pyridine rings is 1. The number of fused-ring (bicyclic) bond motifs is 1. The lowest BCUT2D eigenvalue weighted by Crippen LogP contribution is -2.35. The first-order valence-electron chi connectivity index (χ1n) is 11.8. The molecule has 0 aromatic carbocycles. The number of likely N-dealkylation sites (tertiary alicyclic amines) is 1. The van der Waals surface area contributed by atoms with Crippen LogP contribution in [0.1, 0.15) is 55.6 Å². The topological polar surface area (TPSA) is 64.0 Å². The third kappa shape index (κ3) is 5.89. The molecule has 1 saturated heterocycles. The number of nitrogens with zero attached hydrogens (tertiary/aromatic N) is 3. The Kier molecular flexibility index (Phi) is 8.55. The van der Waals surface area contributed by atoms with Gasteiger partial charge in [0.2, 0.25) is 0 Å². The Balaban J connectivity index is 1.83. The highest BCUT2D eigenvalue weighted by molar-refractivity contribution is 5.93. The van der Waals surface area contributed by atoms with Gasteiger partial charge in [-0.3, -0.25) is 4.79 Å². The molecule has 1 fully saturated rings. The van der Waals surface area contributed by atoms with Gasteiger partial charge in [-0.05, 0) is 32.4 Å². The first kappa shape index (κ1) is 23.8. The van der Waals surface area contributed by atoms with E-state index < -0.39 is 5.97 Å².